The lowest BCUT2D eigenvalue weighted by Crippen LogP contribution is -2.49. The van der Waals surface area contributed by atoms with E-state index in [9.17, 15) is 4.79 Å². The molecule has 3 N–H and O–H groups in total. The summed E-state index contributed by atoms with van der Waals surface area (Å²) < 4.78 is 5.35. The molecule has 7 nitrogen and oxygen atoms in total. The molecule has 156 valence electrons. The number of ether oxygens (including phenoxy) is 1. The molecule has 0 radical (unpaired) electrons. The van der Waals surface area contributed by atoms with Gasteiger partial charge in [0.15, 0.2) is 5.96 Å². The third kappa shape index (κ3) is 8.37. The van der Waals surface area contributed by atoms with E-state index in [1.807, 2.05) is 27.8 Å². The molecule has 0 bridgehead atoms. The molecule has 1 atom stereocenters. The number of amides is 1. The molecule has 1 amide bonds. The van der Waals surface area contributed by atoms with Crippen LogP contribution in [0.2, 0.25) is 0 Å². The van der Waals surface area contributed by atoms with Crippen molar-refractivity contribution in [2.75, 3.05) is 33.7 Å². The zero-order valence-corrected chi connectivity index (χ0v) is 17.8. The summed E-state index contributed by atoms with van der Waals surface area (Å²) in [5.41, 5.74) is -0.450. The topological polar surface area (TPSA) is 78.0 Å². The zero-order chi connectivity index (χ0) is 19.9. The fourth-order valence-corrected chi connectivity index (χ4v) is 3.93. The quantitative estimate of drug-likeness (QED) is 0.515. The van der Waals surface area contributed by atoms with Crippen LogP contribution in [0.1, 0.15) is 59.3 Å². The van der Waals surface area contributed by atoms with Crippen molar-refractivity contribution in [2.24, 2.45) is 10.9 Å². The SMILES string of the molecule is CN=C(NCC1CCCN(C)C1)NC1CCC(NC(=O)OC(C)(C)C)CC1. The van der Waals surface area contributed by atoms with E-state index in [0.29, 0.717) is 12.0 Å². The maximum atomic E-state index is 11.9. The summed E-state index contributed by atoms with van der Waals surface area (Å²) in [7, 11) is 4.03. The summed E-state index contributed by atoms with van der Waals surface area (Å²) in [4.78, 5) is 18.7. The van der Waals surface area contributed by atoms with Gasteiger partial charge in [-0.3, -0.25) is 4.99 Å². The highest BCUT2D eigenvalue weighted by Crippen LogP contribution is 2.19. The number of guanidine groups is 1. The van der Waals surface area contributed by atoms with Crippen LogP contribution in [0.3, 0.4) is 0 Å². The van der Waals surface area contributed by atoms with E-state index in [1.165, 1.54) is 19.4 Å². The van der Waals surface area contributed by atoms with E-state index < -0.39 is 5.60 Å². The van der Waals surface area contributed by atoms with Crippen LogP contribution in [-0.4, -0.2) is 68.4 Å². The summed E-state index contributed by atoms with van der Waals surface area (Å²) >= 11 is 0. The fraction of sp³-hybridized carbons (Fsp3) is 0.900. The molecule has 1 heterocycles. The molecule has 1 aliphatic heterocycles. The summed E-state index contributed by atoms with van der Waals surface area (Å²) in [6.07, 6.45) is 6.22. The van der Waals surface area contributed by atoms with Crippen LogP contribution in [-0.2, 0) is 4.74 Å². The maximum Gasteiger partial charge on any atom is 0.407 e. The van der Waals surface area contributed by atoms with Crippen molar-refractivity contribution in [2.45, 2.75) is 77.0 Å². The van der Waals surface area contributed by atoms with Crippen molar-refractivity contribution in [1.29, 1.82) is 0 Å². The van der Waals surface area contributed by atoms with Gasteiger partial charge >= 0.3 is 6.09 Å². The van der Waals surface area contributed by atoms with Crippen LogP contribution in [0.15, 0.2) is 4.99 Å². The summed E-state index contributed by atoms with van der Waals surface area (Å²) in [5, 5.41) is 10.0. The molecular formula is C20H39N5O2. The number of likely N-dealkylation sites (tertiary alicyclic amines) is 1. The molecule has 2 aliphatic rings. The van der Waals surface area contributed by atoms with Crippen LogP contribution >= 0.6 is 0 Å². The molecule has 27 heavy (non-hydrogen) atoms. The van der Waals surface area contributed by atoms with Gasteiger partial charge in [0, 0.05) is 32.2 Å². The van der Waals surface area contributed by atoms with Crippen molar-refractivity contribution in [3.05, 3.63) is 0 Å². The first-order valence-corrected chi connectivity index (χ1v) is 10.4. The highest BCUT2D eigenvalue weighted by molar-refractivity contribution is 5.80. The Labute approximate surface area is 164 Å². The molecular weight excluding hydrogens is 342 g/mol. The first kappa shape index (κ1) is 21.8. The fourth-order valence-electron chi connectivity index (χ4n) is 3.93. The smallest absolute Gasteiger partial charge is 0.407 e. The first-order chi connectivity index (χ1) is 12.7. The summed E-state index contributed by atoms with van der Waals surface area (Å²) in [6, 6.07) is 0.604. The number of rotatable bonds is 4. The minimum atomic E-state index is -0.450. The Kier molecular flexibility index (Phi) is 8.20. The molecule has 2 rings (SSSR count). The lowest BCUT2D eigenvalue weighted by atomic mass is 9.91. The Morgan fingerprint density at radius 3 is 2.30 bits per heavy atom. The molecule has 7 heteroatoms. The van der Waals surface area contributed by atoms with Gasteiger partial charge in [-0.05, 0) is 78.8 Å². The van der Waals surface area contributed by atoms with Gasteiger partial charge in [0.05, 0.1) is 0 Å². The number of alkyl carbamates (subject to hydrolysis) is 1. The second-order valence-electron chi connectivity index (χ2n) is 9.06. The van der Waals surface area contributed by atoms with Crippen molar-refractivity contribution >= 4 is 12.1 Å². The number of hydrogen-bond acceptors (Lipinski definition) is 4. The first-order valence-electron chi connectivity index (χ1n) is 10.4. The van der Waals surface area contributed by atoms with Crippen LogP contribution in [0.4, 0.5) is 4.79 Å². The number of nitrogens with one attached hydrogen (secondary N) is 3. The Morgan fingerprint density at radius 2 is 1.74 bits per heavy atom. The minimum Gasteiger partial charge on any atom is -0.444 e. The molecule has 0 aromatic carbocycles. The van der Waals surface area contributed by atoms with E-state index in [1.54, 1.807) is 0 Å². The van der Waals surface area contributed by atoms with Crippen molar-refractivity contribution in [3.8, 4) is 0 Å². The van der Waals surface area contributed by atoms with E-state index in [4.69, 9.17) is 4.74 Å². The molecule has 0 spiro atoms. The molecule has 2 fully saturated rings. The number of aliphatic imine (C=N–C) groups is 1. The molecule has 0 aromatic heterocycles. The van der Waals surface area contributed by atoms with Crippen molar-refractivity contribution < 1.29 is 9.53 Å². The highest BCUT2D eigenvalue weighted by atomic mass is 16.6. The van der Waals surface area contributed by atoms with Gasteiger partial charge in [-0.25, -0.2) is 4.79 Å². The number of piperidine rings is 1. The Bertz CT molecular complexity index is 495. The van der Waals surface area contributed by atoms with Crippen LogP contribution in [0, 0.1) is 5.92 Å². The van der Waals surface area contributed by atoms with Crippen molar-refractivity contribution in [3.63, 3.8) is 0 Å². The standard InChI is InChI=1S/C20H39N5O2/c1-20(2,3)27-19(26)24-17-10-8-16(9-11-17)23-18(21-4)22-13-15-7-6-12-25(5)14-15/h15-17H,6-14H2,1-5H3,(H,24,26)(H2,21,22,23). The maximum absolute atomic E-state index is 11.9. The lowest BCUT2D eigenvalue weighted by Gasteiger charge is -2.32. The third-order valence-corrected chi connectivity index (χ3v) is 5.29. The number of nitrogens with zero attached hydrogens (tertiary/aromatic N) is 2. The third-order valence-electron chi connectivity index (χ3n) is 5.29. The average molecular weight is 382 g/mol. The minimum absolute atomic E-state index is 0.200. The largest absolute Gasteiger partial charge is 0.444 e. The van der Waals surface area contributed by atoms with Gasteiger partial charge in [0.1, 0.15) is 5.60 Å². The second-order valence-corrected chi connectivity index (χ2v) is 9.06. The van der Waals surface area contributed by atoms with Gasteiger partial charge in [-0.15, -0.1) is 0 Å². The van der Waals surface area contributed by atoms with Crippen LogP contribution < -0.4 is 16.0 Å². The van der Waals surface area contributed by atoms with E-state index in [0.717, 1.165) is 44.7 Å². The van der Waals surface area contributed by atoms with Crippen LogP contribution in [0.25, 0.3) is 0 Å². The van der Waals surface area contributed by atoms with Crippen LogP contribution in [0.5, 0.6) is 0 Å². The summed E-state index contributed by atoms with van der Waals surface area (Å²) in [6.45, 7) is 9.00. The molecule has 1 saturated heterocycles. The van der Waals surface area contributed by atoms with Gasteiger partial charge in [0.2, 0.25) is 0 Å². The second kappa shape index (κ2) is 10.2. The highest BCUT2D eigenvalue weighted by Gasteiger charge is 2.25. The van der Waals surface area contributed by atoms with Gasteiger partial charge in [-0.1, -0.05) is 0 Å². The zero-order valence-electron chi connectivity index (χ0n) is 17.8. The average Bonchev–Trinajstić information content (AvgIpc) is 2.58. The van der Waals surface area contributed by atoms with Gasteiger partial charge in [-0.2, -0.15) is 0 Å². The number of hydrogen-bond donors (Lipinski definition) is 3. The number of carbonyl (C=O) groups excluding carboxylic acids is 1. The molecule has 1 unspecified atom stereocenters. The van der Waals surface area contributed by atoms with E-state index >= 15 is 0 Å². The van der Waals surface area contributed by atoms with Crippen molar-refractivity contribution in [1.82, 2.24) is 20.9 Å². The van der Waals surface area contributed by atoms with E-state index in [-0.39, 0.29) is 12.1 Å². The van der Waals surface area contributed by atoms with Gasteiger partial charge in [0.25, 0.3) is 0 Å². The van der Waals surface area contributed by atoms with Gasteiger partial charge < -0.3 is 25.6 Å². The molecule has 1 saturated carbocycles. The molecule has 0 aromatic rings. The summed E-state index contributed by atoms with van der Waals surface area (Å²) in [5.74, 6) is 1.59. The predicted molar refractivity (Wildman–Crippen MR) is 110 cm³/mol. The Morgan fingerprint density at radius 1 is 1.11 bits per heavy atom. The molecule has 1 aliphatic carbocycles. The predicted octanol–water partition coefficient (Wildman–Crippen LogP) is 2.33. The monoisotopic (exact) mass is 381 g/mol. The number of carbonyl (C=O) groups is 1. The normalized spacial score (nSPS) is 27.7. The Hall–Kier alpha value is -1.50. The lowest BCUT2D eigenvalue weighted by molar-refractivity contribution is 0.0490. The van der Waals surface area contributed by atoms with E-state index in [2.05, 4.69) is 32.9 Å². The Balaban J connectivity index is 1.67.